The van der Waals surface area contributed by atoms with Gasteiger partial charge in [0.1, 0.15) is 11.4 Å². The fourth-order valence-corrected chi connectivity index (χ4v) is 3.37. The average Bonchev–Trinajstić information content (AvgIpc) is 2.60. The number of pyridine rings is 1. The summed E-state index contributed by atoms with van der Waals surface area (Å²) >= 11 is 0. The van der Waals surface area contributed by atoms with Crippen molar-refractivity contribution in [2.24, 2.45) is 0 Å². The number of benzene rings is 1. The minimum absolute atomic E-state index is 0.217. The number of carbonyl (C=O) groups is 1. The molecule has 1 unspecified atom stereocenters. The van der Waals surface area contributed by atoms with Gasteiger partial charge >= 0.3 is 6.09 Å². The van der Waals surface area contributed by atoms with E-state index in [9.17, 15) is 4.79 Å². The third kappa shape index (κ3) is 4.59. The second kappa shape index (κ2) is 7.59. The van der Waals surface area contributed by atoms with Crippen molar-refractivity contribution in [3.8, 4) is 16.9 Å². The van der Waals surface area contributed by atoms with E-state index in [2.05, 4.69) is 29.2 Å². The maximum absolute atomic E-state index is 12.3. The second-order valence-electron chi connectivity index (χ2n) is 8.10. The summed E-state index contributed by atoms with van der Waals surface area (Å²) in [4.78, 5) is 18.3. The number of carbonyl (C=O) groups excluding carboxylic acids is 1. The Labute approximate surface area is 161 Å². The Morgan fingerprint density at radius 2 is 2.11 bits per heavy atom. The van der Waals surface area contributed by atoms with Crippen LogP contribution < -0.4 is 4.74 Å². The van der Waals surface area contributed by atoms with Crippen LogP contribution in [0.3, 0.4) is 0 Å². The van der Waals surface area contributed by atoms with Crippen molar-refractivity contribution >= 4 is 6.09 Å². The van der Waals surface area contributed by atoms with Crippen LogP contribution in [0.1, 0.15) is 44.4 Å². The molecule has 1 atom stereocenters. The lowest BCUT2D eigenvalue weighted by atomic mass is 9.89. The first kappa shape index (κ1) is 19.2. The first-order valence-electron chi connectivity index (χ1n) is 9.37. The van der Waals surface area contributed by atoms with Crippen LogP contribution in [0.5, 0.6) is 5.75 Å². The van der Waals surface area contributed by atoms with Crippen molar-refractivity contribution < 1.29 is 14.3 Å². The predicted molar refractivity (Wildman–Crippen MR) is 106 cm³/mol. The minimum atomic E-state index is -0.495. The SMILES string of the molecule is Cc1cc(-c2cccc3c2OCCC3CN(C)C(=O)OC(C)(C)C)ccn1. The number of amides is 1. The molecule has 5 heteroatoms. The zero-order valence-corrected chi connectivity index (χ0v) is 16.8. The topological polar surface area (TPSA) is 51.7 Å². The van der Waals surface area contributed by atoms with Crippen molar-refractivity contribution in [3.63, 3.8) is 0 Å². The Balaban J connectivity index is 1.85. The number of likely N-dealkylation sites (N-methyl/N-ethyl adjacent to an activating group) is 1. The molecule has 2 heterocycles. The van der Waals surface area contributed by atoms with Gasteiger partial charge in [0.15, 0.2) is 0 Å². The van der Waals surface area contributed by atoms with Crippen LogP contribution in [0, 0.1) is 6.92 Å². The monoisotopic (exact) mass is 368 g/mol. The molecule has 1 aliphatic heterocycles. The fraction of sp³-hybridized carbons (Fsp3) is 0.455. The molecule has 5 nitrogen and oxygen atoms in total. The quantitative estimate of drug-likeness (QED) is 0.782. The minimum Gasteiger partial charge on any atom is -0.493 e. The molecule has 1 aliphatic rings. The lowest BCUT2D eigenvalue weighted by Gasteiger charge is -2.31. The highest BCUT2D eigenvalue weighted by Gasteiger charge is 2.28. The molecule has 0 bridgehead atoms. The van der Waals surface area contributed by atoms with Crippen LogP contribution in [0.4, 0.5) is 4.79 Å². The summed E-state index contributed by atoms with van der Waals surface area (Å²) in [6, 6.07) is 10.3. The molecular weight excluding hydrogens is 340 g/mol. The number of aromatic nitrogens is 1. The second-order valence-corrected chi connectivity index (χ2v) is 8.10. The highest BCUT2D eigenvalue weighted by molar-refractivity contribution is 5.73. The predicted octanol–water partition coefficient (Wildman–Crippen LogP) is 4.79. The lowest BCUT2D eigenvalue weighted by Crippen LogP contribution is -2.37. The van der Waals surface area contributed by atoms with Gasteiger partial charge in [0.05, 0.1) is 6.61 Å². The fourth-order valence-electron chi connectivity index (χ4n) is 3.37. The van der Waals surface area contributed by atoms with Crippen LogP contribution in [-0.4, -0.2) is 41.8 Å². The van der Waals surface area contributed by atoms with E-state index in [0.29, 0.717) is 13.2 Å². The van der Waals surface area contributed by atoms with E-state index in [1.165, 1.54) is 0 Å². The molecule has 0 saturated carbocycles. The summed E-state index contributed by atoms with van der Waals surface area (Å²) in [5, 5.41) is 0. The molecule has 1 aromatic carbocycles. The maximum Gasteiger partial charge on any atom is 0.410 e. The highest BCUT2D eigenvalue weighted by atomic mass is 16.6. The molecular formula is C22H28N2O3. The molecule has 144 valence electrons. The van der Waals surface area contributed by atoms with Gasteiger partial charge in [-0.15, -0.1) is 0 Å². The maximum atomic E-state index is 12.3. The molecule has 1 amide bonds. The van der Waals surface area contributed by atoms with Gasteiger partial charge in [0, 0.05) is 37.0 Å². The van der Waals surface area contributed by atoms with Gasteiger partial charge in [-0.1, -0.05) is 18.2 Å². The lowest BCUT2D eigenvalue weighted by molar-refractivity contribution is 0.0281. The first-order chi connectivity index (χ1) is 12.7. The molecule has 27 heavy (non-hydrogen) atoms. The molecule has 1 aromatic heterocycles. The number of hydrogen-bond acceptors (Lipinski definition) is 4. The number of para-hydroxylation sites is 1. The number of ether oxygens (including phenoxy) is 2. The van der Waals surface area contributed by atoms with E-state index in [1.807, 2.05) is 40.0 Å². The Kier molecular flexibility index (Phi) is 5.40. The smallest absolute Gasteiger partial charge is 0.410 e. The summed E-state index contributed by atoms with van der Waals surface area (Å²) < 4.78 is 11.5. The van der Waals surface area contributed by atoms with Crippen molar-refractivity contribution in [1.82, 2.24) is 9.88 Å². The van der Waals surface area contributed by atoms with Gasteiger partial charge in [-0.25, -0.2) is 4.79 Å². The Morgan fingerprint density at radius 1 is 1.33 bits per heavy atom. The van der Waals surface area contributed by atoms with Gasteiger partial charge in [-0.05, 0) is 57.4 Å². The third-order valence-corrected chi connectivity index (χ3v) is 4.61. The Morgan fingerprint density at radius 3 is 2.81 bits per heavy atom. The van der Waals surface area contributed by atoms with Crippen molar-refractivity contribution in [3.05, 3.63) is 47.8 Å². The van der Waals surface area contributed by atoms with Gasteiger partial charge in [0.2, 0.25) is 0 Å². The summed E-state index contributed by atoms with van der Waals surface area (Å²) in [7, 11) is 1.79. The molecule has 3 rings (SSSR count). The molecule has 0 N–H and O–H groups in total. The summed E-state index contributed by atoms with van der Waals surface area (Å²) in [6.07, 6.45) is 2.40. The first-order valence-corrected chi connectivity index (χ1v) is 9.37. The standard InChI is InChI=1S/C22H28N2O3/c1-15-13-16(9-11-23-15)18-7-6-8-19-17(10-12-26-20(18)19)14-24(5)21(25)27-22(2,3)4/h6-9,11,13,17H,10,12,14H2,1-5H3. The van der Waals surface area contributed by atoms with Gasteiger partial charge in [-0.2, -0.15) is 0 Å². The molecule has 0 spiro atoms. The zero-order chi connectivity index (χ0) is 19.6. The summed E-state index contributed by atoms with van der Waals surface area (Å²) in [5.41, 5.74) is 3.79. The normalized spacial score (nSPS) is 16.3. The van der Waals surface area contributed by atoms with E-state index in [4.69, 9.17) is 9.47 Å². The largest absolute Gasteiger partial charge is 0.493 e. The van der Waals surface area contributed by atoms with Crippen molar-refractivity contribution in [1.29, 1.82) is 0 Å². The number of aryl methyl sites for hydroxylation is 1. The van der Waals surface area contributed by atoms with Crippen molar-refractivity contribution in [2.45, 2.75) is 45.6 Å². The van der Waals surface area contributed by atoms with E-state index < -0.39 is 5.60 Å². The van der Waals surface area contributed by atoms with Gasteiger partial charge in [-0.3, -0.25) is 4.98 Å². The van der Waals surface area contributed by atoms with E-state index >= 15 is 0 Å². The van der Waals surface area contributed by atoms with Gasteiger partial charge < -0.3 is 14.4 Å². The Bertz CT molecular complexity index is 827. The molecule has 0 saturated heterocycles. The molecule has 0 radical (unpaired) electrons. The number of rotatable bonds is 3. The van der Waals surface area contributed by atoms with Crippen LogP contribution in [-0.2, 0) is 4.74 Å². The summed E-state index contributed by atoms with van der Waals surface area (Å²) in [5.74, 6) is 1.13. The van der Waals surface area contributed by atoms with E-state index in [-0.39, 0.29) is 12.0 Å². The van der Waals surface area contributed by atoms with E-state index in [0.717, 1.165) is 34.6 Å². The molecule has 0 fully saturated rings. The number of nitrogens with zero attached hydrogens (tertiary/aromatic N) is 2. The van der Waals surface area contributed by atoms with Crippen LogP contribution in [0.15, 0.2) is 36.5 Å². The number of fused-ring (bicyclic) bond motifs is 1. The van der Waals surface area contributed by atoms with E-state index in [1.54, 1.807) is 11.9 Å². The zero-order valence-electron chi connectivity index (χ0n) is 16.8. The van der Waals surface area contributed by atoms with Crippen LogP contribution in [0.2, 0.25) is 0 Å². The molecule has 0 aliphatic carbocycles. The van der Waals surface area contributed by atoms with Crippen molar-refractivity contribution in [2.75, 3.05) is 20.2 Å². The van der Waals surface area contributed by atoms with Crippen LogP contribution >= 0.6 is 0 Å². The number of hydrogen-bond donors (Lipinski definition) is 0. The average molecular weight is 368 g/mol. The third-order valence-electron chi connectivity index (χ3n) is 4.61. The summed E-state index contributed by atoms with van der Waals surface area (Å²) in [6.45, 7) is 8.87. The Hall–Kier alpha value is -2.56. The molecule has 2 aromatic rings. The van der Waals surface area contributed by atoms with Crippen LogP contribution in [0.25, 0.3) is 11.1 Å². The highest BCUT2D eigenvalue weighted by Crippen LogP contribution is 2.41. The van der Waals surface area contributed by atoms with Gasteiger partial charge in [0.25, 0.3) is 0 Å².